The van der Waals surface area contributed by atoms with Crippen molar-refractivity contribution in [2.45, 2.75) is 51.7 Å². The maximum absolute atomic E-state index is 6.10. The van der Waals surface area contributed by atoms with Crippen molar-refractivity contribution in [1.82, 2.24) is 5.32 Å². The van der Waals surface area contributed by atoms with E-state index in [0.717, 1.165) is 18.2 Å². The fourth-order valence-corrected chi connectivity index (χ4v) is 2.80. The van der Waals surface area contributed by atoms with E-state index in [2.05, 4.69) is 36.5 Å². The molecule has 2 heteroatoms. The second-order valence-electron chi connectivity index (χ2n) is 5.36. The molecule has 1 aromatic rings. The second-order valence-corrected chi connectivity index (χ2v) is 5.36. The molecule has 1 N–H and O–H groups in total. The first kappa shape index (κ1) is 13.4. The highest BCUT2D eigenvalue weighted by Gasteiger charge is 2.21. The average molecular weight is 247 g/mol. The maximum atomic E-state index is 6.10. The molecular weight excluding hydrogens is 222 g/mol. The summed E-state index contributed by atoms with van der Waals surface area (Å²) in [5.41, 5.74) is 1.31. The van der Waals surface area contributed by atoms with Gasteiger partial charge in [-0.05, 0) is 49.9 Å². The summed E-state index contributed by atoms with van der Waals surface area (Å²) in [4.78, 5) is 0. The van der Waals surface area contributed by atoms with Crippen LogP contribution in [0.1, 0.15) is 44.6 Å². The van der Waals surface area contributed by atoms with E-state index in [4.69, 9.17) is 4.74 Å². The summed E-state index contributed by atoms with van der Waals surface area (Å²) in [6.45, 7) is 3.21. The van der Waals surface area contributed by atoms with E-state index in [1.54, 1.807) is 0 Å². The fourth-order valence-electron chi connectivity index (χ4n) is 2.80. The summed E-state index contributed by atoms with van der Waals surface area (Å²) in [7, 11) is 1.97. The van der Waals surface area contributed by atoms with Crippen LogP contribution in [0, 0.1) is 5.92 Å². The molecule has 2 rings (SSSR count). The summed E-state index contributed by atoms with van der Waals surface area (Å²) in [5, 5.41) is 3.16. The lowest BCUT2D eigenvalue weighted by atomic mass is 9.85. The van der Waals surface area contributed by atoms with Crippen molar-refractivity contribution in [2.24, 2.45) is 5.92 Å². The van der Waals surface area contributed by atoms with Gasteiger partial charge in [0, 0.05) is 6.54 Å². The van der Waals surface area contributed by atoms with Crippen LogP contribution in [-0.2, 0) is 6.54 Å². The summed E-state index contributed by atoms with van der Waals surface area (Å²) in [6.07, 6.45) is 6.88. The number of ether oxygens (including phenoxy) is 1. The monoisotopic (exact) mass is 247 g/mol. The van der Waals surface area contributed by atoms with Crippen LogP contribution < -0.4 is 10.1 Å². The van der Waals surface area contributed by atoms with Crippen LogP contribution in [0.2, 0.25) is 0 Å². The topological polar surface area (TPSA) is 21.3 Å². The minimum absolute atomic E-state index is 0.429. The highest BCUT2D eigenvalue weighted by molar-refractivity contribution is 5.27. The molecular formula is C16H25NO. The molecule has 1 aliphatic rings. The first-order chi connectivity index (χ1) is 8.81. The van der Waals surface area contributed by atoms with Crippen molar-refractivity contribution in [1.29, 1.82) is 0 Å². The molecule has 0 amide bonds. The predicted octanol–water partition coefficient (Wildman–Crippen LogP) is 3.75. The first-order valence-electron chi connectivity index (χ1n) is 7.22. The van der Waals surface area contributed by atoms with E-state index in [-0.39, 0.29) is 0 Å². The van der Waals surface area contributed by atoms with Gasteiger partial charge in [-0.3, -0.25) is 0 Å². The smallest absolute Gasteiger partial charge is 0.119 e. The van der Waals surface area contributed by atoms with E-state index in [1.165, 1.54) is 37.7 Å². The molecule has 1 fully saturated rings. The van der Waals surface area contributed by atoms with E-state index in [0.29, 0.717) is 6.10 Å². The normalized spacial score (nSPS) is 23.9. The third kappa shape index (κ3) is 3.74. The molecule has 100 valence electrons. The van der Waals surface area contributed by atoms with Crippen molar-refractivity contribution in [3.63, 3.8) is 0 Å². The lowest BCUT2D eigenvalue weighted by Crippen LogP contribution is -2.25. The standard InChI is InChI=1S/C16H25NO/c1-3-13-5-4-6-16(11-13)18-15-9-7-14(8-10-15)12-17-2/h7-10,13,16-17H,3-6,11-12H2,1-2H3. The molecule has 2 unspecified atom stereocenters. The molecule has 1 aromatic carbocycles. The molecule has 0 radical (unpaired) electrons. The van der Waals surface area contributed by atoms with Crippen LogP contribution in [-0.4, -0.2) is 13.2 Å². The number of nitrogens with one attached hydrogen (secondary N) is 1. The van der Waals surface area contributed by atoms with Crippen molar-refractivity contribution < 1.29 is 4.74 Å². The molecule has 18 heavy (non-hydrogen) atoms. The molecule has 2 atom stereocenters. The zero-order valence-electron chi connectivity index (χ0n) is 11.6. The molecule has 1 aliphatic carbocycles. The Morgan fingerprint density at radius 3 is 2.67 bits per heavy atom. The van der Waals surface area contributed by atoms with Gasteiger partial charge in [0.1, 0.15) is 5.75 Å². The highest BCUT2D eigenvalue weighted by atomic mass is 16.5. The summed E-state index contributed by atoms with van der Waals surface area (Å²) >= 11 is 0. The zero-order valence-corrected chi connectivity index (χ0v) is 11.6. The van der Waals surface area contributed by atoms with Gasteiger partial charge in [0.25, 0.3) is 0 Å². The molecule has 0 bridgehead atoms. The highest BCUT2D eigenvalue weighted by Crippen LogP contribution is 2.29. The van der Waals surface area contributed by atoms with E-state index in [9.17, 15) is 0 Å². The van der Waals surface area contributed by atoms with Gasteiger partial charge in [-0.25, -0.2) is 0 Å². The van der Waals surface area contributed by atoms with Gasteiger partial charge < -0.3 is 10.1 Å². The Morgan fingerprint density at radius 2 is 2.00 bits per heavy atom. The van der Waals surface area contributed by atoms with Crippen LogP contribution in [0.15, 0.2) is 24.3 Å². The number of benzene rings is 1. The largest absolute Gasteiger partial charge is 0.490 e. The third-order valence-corrected chi connectivity index (χ3v) is 3.92. The van der Waals surface area contributed by atoms with Gasteiger partial charge in [0.15, 0.2) is 0 Å². The van der Waals surface area contributed by atoms with Crippen LogP contribution >= 0.6 is 0 Å². The quantitative estimate of drug-likeness (QED) is 0.855. The Morgan fingerprint density at radius 1 is 1.22 bits per heavy atom. The Kier molecular flexibility index (Phi) is 5.06. The fraction of sp³-hybridized carbons (Fsp3) is 0.625. The van der Waals surface area contributed by atoms with Gasteiger partial charge in [-0.1, -0.05) is 31.9 Å². The molecule has 0 aliphatic heterocycles. The van der Waals surface area contributed by atoms with Gasteiger partial charge in [0.05, 0.1) is 6.10 Å². The summed E-state index contributed by atoms with van der Waals surface area (Å²) < 4.78 is 6.10. The van der Waals surface area contributed by atoms with E-state index < -0.39 is 0 Å². The van der Waals surface area contributed by atoms with Gasteiger partial charge in [-0.2, -0.15) is 0 Å². The zero-order chi connectivity index (χ0) is 12.8. The first-order valence-corrected chi connectivity index (χ1v) is 7.22. The Bertz CT molecular complexity index is 347. The summed E-state index contributed by atoms with van der Waals surface area (Å²) in [6, 6.07) is 8.49. The van der Waals surface area contributed by atoms with Crippen molar-refractivity contribution in [3.05, 3.63) is 29.8 Å². The Hall–Kier alpha value is -1.02. The van der Waals surface area contributed by atoms with Crippen molar-refractivity contribution in [2.75, 3.05) is 7.05 Å². The maximum Gasteiger partial charge on any atom is 0.119 e. The lowest BCUT2D eigenvalue weighted by Gasteiger charge is -2.29. The number of hydrogen-bond acceptors (Lipinski definition) is 2. The second kappa shape index (κ2) is 6.79. The van der Waals surface area contributed by atoms with Crippen molar-refractivity contribution >= 4 is 0 Å². The number of rotatable bonds is 5. The van der Waals surface area contributed by atoms with Gasteiger partial charge >= 0.3 is 0 Å². The van der Waals surface area contributed by atoms with E-state index >= 15 is 0 Å². The van der Waals surface area contributed by atoms with Crippen molar-refractivity contribution in [3.8, 4) is 5.75 Å². The average Bonchev–Trinajstić information content (AvgIpc) is 2.42. The SMILES string of the molecule is CCC1CCCC(Oc2ccc(CNC)cc2)C1. The van der Waals surface area contributed by atoms with Crippen LogP contribution in [0.25, 0.3) is 0 Å². The lowest BCUT2D eigenvalue weighted by molar-refractivity contribution is 0.122. The minimum atomic E-state index is 0.429. The van der Waals surface area contributed by atoms with Crippen LogP contribution in [0.4, 0.5) is 0 Å². The molecule has 0 aromatic heterocycles. The Balaban J connectivity index is 1.88. The molecule has 0 saturated heterocycles. The third-order valence-electron chi connectivity index (χ3n) is 3.92. The molecule has 2 nitrogen and oxygen atoms in total. The molecule has 0 spiro atoms. The minimum Gasteiger partial charge on any atom is -0.490 e. The van der Waals surface area contributed by atoms with Gasteiger partial charge in [-0.15, -0.1) is 0 Å². The number of hydrogen-bond donors (Lipinski definition) is 1. The van der Waals surface area contributed by atoms with Crippen LogP contribution in [0.5, 0.6) is 5.75 Å². The molecule has 0 heterocycles. The van der Waals surface area contributed by atoms with Gasteiger partial charge in [0.2, 0.25) is 0 Å². The van der Waals surface area contributed by atoms with Crippen LogP contribution in [0.3, 0.4) is 0 Å². The Labute approximate surface area is 111 Å². The van der Waals surface area contributed by atoms with E-state index in [1.807, 2.05) is 7.05 Å². The predicted molar refractivity (Wildman–Crippen MR) is 75.9 cm³/mol. The summed E-state index contributed by atoms with van der Waals surface area (Å²) in [5.74, 6) is 1.89. The molecule has 1 saturated carbocycles.